The molecule has 1 aromatic rings. The first-order chi connectivity index (χ1) is 9.47. The summed E-state index contributed by atoms with van der Waals surface area (Å²) in [5.74, 6) is 0.222. The quantitative estimate of drug-likeness (QED) is 0.818. The van der Waals surface area contributed by atoms with Crippen molar-refractivity contribution in [1.82, 2.24) is 10.3 Å². The van der Waals surface area contributed by atoms with Crippen molar-refractivity contribution in [2.24, 2.45) is 5.92 Å². The molecule has 0 aliphatic rings. The molecule has 0 spiro atoms. The highest BCUT2D eigenvalue weighted by Gasteiger charge is 2.24. The first-order valence-electron chi connectivity index (χ1n) is 6.81. The Balaban J connectivity index is 2.81. The second-order valence-electron chi connectivity index (χ2n) is 5.09. The molecule has 1 N–H and O–H groups in total. The van der Waals surface area contributed by atoms with Crippen molar-refractivity contribution in [1.29, 1.82) is 5.26 Å². The van der Waals surface area contributed by atoms with E-state index in [1.807, 2.05) is 27.7 Å². The fourth-order valence-corrected chi connectivity index (χ4v) is 2.62. The Morgan fingerprint density at radius 2 is 2.20 bits per heavy atom. The zero-order valence-corrected chi connectivity index (χ0v) is 13.2. The van der Waals surface area contributed by atoms with Gasteiger partial charge in [-0.2, -0.15) is 5.26 Å². The molecule has 0 unspecified atom stereocenters. The third-order valence-corrected chi connectivity index (χ3v) is 4.45. The van der Waals surface area contributed by atoms with Crippen molar-refractivity contribution in [3.8, 4) is 6.07 Å². The van der Waals surface area contributed by atoms with Gasteiger partial charge in [0.15, 0.2) is 0 Å². The summed E-state index contributed by atoms with van der Waals surface area (Å²) in [5, 5.41) is 12.4. The van der Waals surface area contributed by atoms with Gasteiger partial charge in [-0.25, -0.2) is 4.98 Å². The Kier molecular flexibility index (Phi) is 6.53. The van der Waals surface area contributed by atoms with Gasteiger partial charge in [-0.05, 0) is 31.4 Å². The molecule has 108 valence electrons. The van der Waals surface area contributed by atoms with Gasteiger partial charge in [-0.3, -0.25) is 4.79 Å². The van der Waals surface area contributed by atoms with Crippen LogP contribution in [0, 0.1) is 17.2 Å². The van der Waals surface area contributed by atoms with Gasteiger partial charge in [-0.1, -0.05) is 32.5 Å². The number of rotatable bonds is 6. The van der Waals surface area contributed by atoms with Gasteiger partial charge in [0.1, 0.15) is 0 Å². The number of hydrogen-bond acceptors (Lipinski definition) is 4. The molecule has 0 aliphatic carbocycles. The number of nitrogens with zero attached hydrogens (tertiary/aromatic N) is 2. The predicted molar refractivity (Wildman–Crippen MR) is 81.3 cm³/mol. The maximum absolute atomic E-state index is 12.3. The second-order valence-corrected chi connectivity index (χ2v) is 6.26. The molecule has 2 atom stereocenters. The lowest BCUT2D eigenvalue weighted by atomic mass is 10.1. The highest BCUT2D eigenvalue weighted by atomic mass is 32.2. The summed E-state index contributed by atoms with van der Waals surface area (Å²) in [6.45, 7) is 8.07. The molecule has 1 heterocycles. The summed E-state index contributed by atoms with van der Waals surface area (Å²) < 4.78 is 0. The van der Waals surface area contributed by atoms with Crippen LogP contribution in [0.25, 0.3) is 0 Å². The fourth-order valence-electron chi connectivity index (χ4n) is 1.59. The van der Waals surface area contributed by atoms with E-state index in [1.165, 1.54) is 11.8 Å². The van der Waals surface area contributed by atoms with Gasteiger partial charge in [0, 0.05) is 12.2 Å². The number of pyridine rings is 1. The number of hydrogen-bond donors (Lipinski definition) is 1. The smallest absolute Gasteiger partial charge is 0.234 e. The van der Waals surface area contributed by atoms with Crippen LogP contribution in [0.1, 0.15) is 39.7 Å². The summed E-state index contributed by atoms with van der Waals surface area (Å²) >= 11 is 1.41. The van der Waals surface area contributed by atoms with Gasteiger partial charge >= 0.3 is 0 Å². The Hall–Kier alpha value is -1.54. The lowest BCUT2D eigenvalue weighted by Crippen LogP contribution is -2.40. The second kappa shape index (κ2) is 7.91. The van der Waals surface area contributed by atoms with Crippen molar-refractivity contribution >= 4 is 17.7 Å². The molecule has 0 radical (unpaired) electrons. The van der Waals surface area contributed by atoms with E-state index in [1.54, 1.807) is 18.3 Å². The Morgan fingerprint density at radius 1 is 1.50 bits per heavy atom. The Bertz CT molecular complexity index is 496. The van der Waals surface area contributed by atoms with E-state index in [0.717, 1.165) is 6.42 Å². The number of carbonyl (C=O) groups is 1. The van der Waals surface area contributed by atoms with Crippen LogP contribution in [-0.2, 0) is 4.79 Å². The topological polar surface area (TPSA) is 65.8 Å². The third kappa shape index (κ3) is 4.86. The highest BCUT2D eigenvalue weighted by molar-refractivity contribution is 8.00. The number of nitriles is 1. The predicted octanol–water partition coefficient (Wildman–Crippen LogP) is 2.98. The number of thioether (sulfide) groups is 1. The maximum atomic E-state index is 12.3. The van der Waals surface area contributed by atoms with Crippen LogP contribution >= 0.6 is 11.8 Å². The molecule has 0 saturated heterocycles. The summed E-state index contributed by atoms with van der Waals surface area (Å²) in [5.41, 5.74) is 0.562. The minimum Gasteiger partial charge on any atom is -0.353 e. The van der Waals surface area contributed by atoms with Gasteiger partial charge < -0.3 is 5.32 Å². The monoisotopic (exact) mass is 291 g/mol. The maximum Gasteiger partial charge on any atom is 0.234 e. The molecule has 1 rings (SSSR count). The first kappa shape index (κ1) is 16.5. The zero-order valence-electron chi connectivity index (χ0n) is 12.4. The molecular formula is C15H21N3OS. The molecule has 20 heavy (non-hydrogen) atoms. The van der Waals surface area contributed by atoms with E-state index in [9.17, 15) is 4.79 Å². The van der Waals surface area contributed by atoms with Crippen molar-refractivity contribution in [3.63, 3.8) is 0 Å². The number of amides is 1. The Morgan fingerprint density at radius 3 is 2.75 bits per heavy atom. The summed E-state index contributed by atoms with van der Waals surface area (Å²) in [4.78, 5) is 16.5. The SMILES string of the molecule is CC[C@H](C)NC(=O)[C@@H](Sc1cc(C#N)ccn1)C(C)C. The van der Waals surface area contributed by atoms with Crippen LogP contribution in [0.2, 0.25) is 0 Å². The van der Waals surface area contributed by atoms with Crippen molar-refractivity contribution in [2.75, 3.05) is 0 Å². The molecule has 0 bridgehead atoms. The first-order valence-corrected chi connectivity index (χ1v) is 7.69. The lowest BCUT2D eigenvalue weighted by Gasteiger charge is -2.21. The minimum atomic E-state index is -0.203. The standard InChI is InChI=1S/C15H21N3OS/c1-5-11(4)18-15(19)14(10(2)3)20-13-8-12(9-16)6-7-17-13/h6-8,10-11,14H,5H2,1-4H3,(H,18,19)/t11-,14-/m0/s1. The fraction of sp³-hybridized carbons (Fsp3) is 0.533. The van der Waals surface area contributed by atoms with Gasteiger partial charge in [0.25, 0.3) is 0 Å². The molecule has 0 fully saturated rings. The largest absolute Gasteiger partial charge is 0.353 e. The molecule has 0 aromatic carbocycles. The summed E-state index contributed by atoms with van der Waals surface area (Å²) in [6.07, 6.45) is 2.51. The minimum absolute atomic E-state index is 0.0310. The average Bonchev–Trinajstić information content (AvgIpc) is 2.44. The Labute approximate surface area is 125 Å². The summed E-state index contributed by atoms with van der Waals surface area (Å²) in [6, 6.07) is 5.63. The van der Waals surface area contributed by atoms with E-state index in [2.05, 4.69) is 16.4 Å². The summed E-state index contributed by atoms with van der Waals surface area (Å²) in [7, 11) is 0. The average molecular weight is 291 g/mol. The molecule has 0 aliphatic heterocycles. The molecule has 0 saturated carbocycles. The van der Waals surface area contributed by atoms with Crippen molar-refractivity contribution in [2.45, 2.75) is 50.4 Å². The van der Waals surface area contributed by atoms with Crippen LogP contribution in [0.15, 0.2) is 23.4 Å². The van der Waals surface area contributed by atoms with Crippen LogP contribution in [0.4, 0.5) is 0 Å². The van der Waals surface area contributed by atoms with Crippen molar-refractivity contribution in [3.05, 3.63) is 23.9 Å². The zero-order chi connectivity index (χ0) is 15.1. The van der Waals surface area contributed by atoms with E-state index in [4.69, 9.17) is 5.26 Å². The van der Waals surface area contributed by atoms with Gasteiger partial charge in [0.2, 0.25) is 5.91 Å². The van der Waals surface area contributed by atoms with Crippen LogP contribution in [0.5, 0.6) is 0 Å². The van der Waals surface area contributed by atoms with Crippen LogP contribution in [-0.4, -0.2) is 22.2 Å². The van der Waals surface area contributed by atoms with E-state index in [-0.39, 0.29) is 23.1 Å². The van der Waals surface area contributed by atoms with Crippen molar-refractivity contribution < 1.29 is 4.79 Å². The molecule has 5 heteroatoms. The molecular weight excluding hydrogens is 270 g/mol. The number of aromatic nitrogens is 1. The van der Waals surface area contributed by atoms with Gasteiger partial charge in [0.05, 0.1) is 21.9 Å². The highest BCUT2D eigenvalue weighted by Crippen LogP contribution is 2.27. The lowest BCUT2D eigenvalue weighted by molar-refractivity contribution is -0.121. The van der Waals surface area contributed by atoms with E-state index >= 15 is 0 Å². The third-order valence-electron chi connectivity index (χ3n) is 2.98. The molecule has 1 amide bonds. The van der Waals surface area contributed by atoms with E-state index < -0.39 is 0 Å². The number of carbonyl (C=O) groups excluding carboxylic acids is 1. The van der Waals surface area contributed by atoms with E-state index in [0.29, 0.717) is 10.6 Å². The van der Waals surface area contributed by atoms with Crippen LogP contribution in [0.3, 0.4) is 0 Å². The molecule has 4 nitrogen and oxygen atoms in total. The molecule has 1 aromatic heterocycles. The van der Waals surface area contributed by atoms with Crippen LogP contribution < -0.4 is 5.32 Å². The van der Waals surface area contributed by atoms with Gasteiger partial charge in [-0.15, -0.1) is 0 Å². The normalized spacial score (nSPS) is 13.6. The number of nitrogens with one attached hydrogen (secondary N) is 1.